The number of thiocarbonyl (C=S) groups is 1. The fourth-order valence-electron chi connectivity index (χ4n) is 2.48. The second kappa shape index (κ2) is 6.83. The van der Waals surface area contributed by atoms with E-state index in [1.54, 1.807) is 16.4 Å². The van der Waals surface area contributed by atoms with Gasteiger partial charge in [-0.2, -0.15) is 0 Å². The van der Waals surface area contributed by atoms with E-state index in [9.17, 15) is 8.42 Å². The first-order valence-electron chi connectivity index (χ1n) is 6.94. The maximum Gasteiger partial charge on any atom is 0.218 e. The lowest BCUT2D eigenvalue weighted by Crippen LogP contribution is -2.35. The highest BCUT2D eigenvalue weighted by molar-refractivity contribution is 7.88. The summed E-state index contributed by atoms with van der Waals surface area (Å²) in [7, 11) is -1.34. The van der Waals surface area contributed by atoms with Crippen molar-refractivity contribution in [3.63, 3.8) is 0 Å². The Balaban J connectivity index is 2.19. The number of hydrogen-bond donors (Lipinski definition) is 1. The molecule has 1 heterocycles. The van der Waals surface area contributed by atoms with Crippen LogP contribution in [-0.4, -0.2) is 55.8 Å². The normalized spacial score (nSPS) is 18.3. The number of benzene rings is 1. The highest BCUT2D eigenvalue weighted by atomic mass is 32.2. The molecule has 1 aromatic carbocycles. The quantitative estimate of drug-likeness (QED) is 0.828. The van der Waals surface area contributed by atoms with E-state index in [1.165, 1.54) is 0 Å². The molecular weight excluding hydrogens is 306 g/mol. The average molecular weight is 327 g/mol. The SMILES string of the molecule is CN1CCCN(S(=O)(=O)Cc2ccccc2C(N)=S)CC1. The van der Waals surface area contributed by atoms with Crippen LogP contribution in [0.25, 0.3) is 0 Å². The van der Waals surface area contributed by atoms with Crippen LogP contribution in [0.4, 0.5) is 0 Å². The van der Waals surface area contributed by atoms with Crippen LogP contribution in [0.5, 0.6) is 0 Å². The van der Waals surface area contributed by atoms with Crippen LogP contribution in [0.15, 0.2) is 24.3 Å². The first kappa shape index (κ1) is 16.4. The molecule has 5 nitrogen and oxygen atoms in total. The van der Waals surface area contributed by atoms with E-state index in [0.717, 1.165) is 19.5 Å². The number of nitrogens with zero attached hydrogens (tertiary/aromatic N) is 2. The fourth-order valence-corrected chi connectivity index (χ4v) is 4.27. The lowest BCUT2D eigenvalue weighted by atomic mass is 10.1. The van der Waals surface area contributed by atoms with E-state index in [0.29, 0.717) is 24.2 Å². The summed E-state index contributed by atoms with van der Waals surface area (Å²) in [4.78, 5) is 2.38. The van der Waals surface area contributed by atoms with Crippen molar-refractivity contribution in [1.82, 2.24) is 9.21 Å². The second-order valence-corrected chi connectivity index (χ2v) is 7.74. The molecular formula is C14H21N3O2S2. The number of hydrogen-bond acceptors (Lipinski definition) is 4. The van der Waals surface area contributed by atoms with Gasteiger partial charge in [0.1, 0.15) is 4.99 Å². The van der Waals surface area contributed by atoms with Gasteiger partial charge in [-0.05, 0) is 25.6 Å². The molecule has 0 aliphatic carbocycles. The maximum atomic E-state index is 12.6. The molecule has 1 fully saturated rings. The van der Waals surface area contributed by atoms with E-state index in [-0.39, 0.29) is 10.7 Å². The Labute approximate surface area is 131 Å². The molecule has 2 N–H and O–H groups in total. The fraction of sp³-hybridized carbons (Fsp3) is 0.500. The Morgan fingerprint density at radius 2 is 1.95 bits per heavy atom. The molecule has 0 unspecified atom stereocenters. The molecule has 0 spiro atoms. The summed E-state index contributed by atoms with van der Waals surface area (Å²) in [6.45, 7) is 2.79. The van der Waals surface area contributed by atoms with E-state index >= 15 is 0 Å². The Bertz CT molecular complexity index is 616. The summed E-state index contributed by atoms with van der Waals surface area (Å²) < 4.78 is 26.8. The molecule has 0 atom stereocenters. The largest absolute Gasteiger partial charge is 0.389 e. The highest BCUT2D eigenvalue weighted by Gasteiger charge is 2.25. The minimum absolute atomic E-state index is 0.0514. The molecule has 21 heavy (non-hydrogen) atoms. The number of nitrogens with two attached hydrogens (primary N) is 1. The van der Waals surface area contributed by atoms with Gasteiger partial charge in [0.2, 0.25) is 10.0 Å². The molecule has 2 rings (SSSR count). The lowest BCUT2D eigenvalue weighted by molar-refractivity contribution is 0.347. The van der Waals surface area contributed by atoms with Crippen LogP contribution in [-0.2, 0) is 15.8 Å². The molecule has 1 aliphatic heterocycles. The molecule has 0 bridgehead atoms. The average Bonchev–Trinajstić information content (AvgIpc) is 2.64. The summed E-state index contributed by atoms with van der Waals surface area (Å²) in [6.07, 6.45) is 0.854. The molecule has 1 aliphatic rings. The van der Waals surface area contributed by atoms with Gasteiger partial charge in [-0.25, -0.2) is 12.7 Å². The smallest absolute Gasteiger partial charge is 0.218 e. The highest BCUT2D eigenvalue weighted by Crippen LogP contribution is 2.17. The number of likely N-dealkylation sites (N-methyl/N-ethyl adjacent to an activating group) is 1. The van der Waals surface area contributed by atoms with Crippen LogP contribution in [0.3, 0.4) is 0 Å². The topological polar surface area (TPSA) is 66.6 Å². The summed E-state index contributed by atoms with van der Waals surface area (Å²) in [6, 6.07) is 7.16. The van der Waals surface area contributed by atoms with Crippen molar-refractivity contribution in [2.24, 2.45) is 5.73 Å². The van der Waals surface area contributed by atoms with E-state index in [4.69, 9.17) is 18.0 Å². The third kappa shape index (κ3) is 4.23. The van der Waals surface area contributed by atoms with Gasteiger partial charge in [0.25, 0.3) is 0 Å². The summed E-state index contributed by atoms with van der Waals surface area (Å²) in [5.74, 6) is -0.0514. The van der Waals surface area contributed by atoms with E-state index in [2.05, 4.69) is 4.90 Å². The van der Waals surface area contributed by atoms with Crippen LogP contribution in [0, 0.1) is 0 Å². The molecule has 0 aromatic heterocycles. The van der Waals surface area contributed by atoms with Crippen molar-refractivity contribution in [1.29, 1.82) is 0 Å². The zero-order valence-corrected chi connectivity index (χ0v) is 13.8. The Hall–Kier alpha value is -1.02. The van der Waals surface area contributed by atoms with Crippen molar-refractivity contribution in [2.45, 2.75) is 12.2 Å². The predicted molar refractivity (Wildman–Crippen MR) is 88.6 cm³/mol. The predicted octanol–water partition coefficient (Wildman–Crippen LogP) is 0.788. The number of sulfonamides is 1. The van der Waals surface area contributed by atoms with Gasteiger partial charge >= 0.3 is 0 Å². The molecule has 116 valence electrons. The standard InChI is InChI=1S/C14H21N3O2S2/c1-16-7-4-8-17(10-9-16)21(18,19)11-12-5-2-3-6-13(12)14(15)20/h2-3,5-6H,4,7-11H2,1H3,(H2,15,20). The van der Waals surface area contributed by atoms with Crippen LogP contribution >= 0.6 is 12.2 Å². The number of rotatable bonds is 4. The van der Waals surface area contributed by atoms with Gasteiger partial charge in [0, 0.05) is 25.2 Å². The molecule has 1 aromatic rings. The maximum absolute atomic E-state index is 12.6. The van der Waals surface area contributed by atoms with Crippen LogP contribution < -0.4 is 5.73 Å². The van der Waals surface area contributed by atoms with E-state index < -0.39 is 10.0 Å². The molecule has 0 saturated carbocycles. The van der Waals surface area contributed by atoms with Crippen molar-refractivity contribution in [3.8, 4) is 0 Å². The summed E-state index contributed by atoms with van der Waals surface area (Å²) in [5.41, 5.74) is 6.98. The van der Waals surface area contributed by atoms with Crippen LogP contribution in [0.1, 0.15) is 17.5 Å². The first-order chi connectivity index (χ1) is 9.90. The van der Waals surface area contributed by atoms with Gasteiger partial charge < -0.3 is 10.6 Å². The van der Waals surface area contributed by atoms with Gasteiger partial charge in [-0.15, -0.1) is 0 Å². The Morgan fingerprint density at radius 3 is 2.67 bits per heavy atom. The van der Waals surface area contributed by atoms with Gasteiger partial charge in [0.05, 0.1) is 5.75 Å². The zero-order valence-electron chi connectivity index (χ0n) is 12.2. The van der Waals surface area contributed by atoms with Crippen molar-refractivity contribution < 1.29 is 8.42 Å². The second-order valence-electron chi connectivity index (χ2n) is 5.33. The van der Waals surface area contributed by atoms with E-state index in [1.807, 2.05) is 19.2 Å². The lowest BCUT2D eigenvalue weighted by Gasteiger charge is -2.21. The third-order valence-electron chi connectivity index (χ3n) is 3.69. The molecule has 0 amide bonds. The molecule has 0 radical (unpaired) electrons. The Morgan fingerprint density at radius 1 is 1.24 bits per heavy atom. The Kier molecular flexibility index (Phi) is 5.32. The third-order valence-corrected chi connectivity index (χ3v) is 5.74. The van der Waals surface area contributed by atoms with Crippen LogP contribution in [0.2, 0.25) is 0 Å². The summed E-state index contributed by atoms with van der Waals surface area (Å²) >= 11 is 4.99. The molecule has 1 saturated heterocycles. The van der Waals surface area contributed by atoms with Gasteiger partial charge in [-0.3, -0.25) is 0 Å². The first-order valence-corrected chi connectivity index (χ1v) is 8.96. The van der Waals surface area contributed by atoms with Crippen molar-refractivity contribution in [2.75, 3.05) is 33.2 Å². The minimum atomic E-state index is -3.35. The molecule has 7 heteroatoms. The zero-order chi connectivity index (χ0) is 15.5. The van der Waals surface area contributed by atoms with Crippen molar-refractivity contribution in [3.05, 3.63) is 35.4 Å². The summed E-state index contributed by atoms with van der Waals surface area (Å²) in [5, 5.41) is 0. The van der Waals surface area contributed by atoms with Crippen molar-refractivity contribution >= 4 is 27.2 Å². The monoisotopic (exact) mass is 327 g/mol. The minimum Gasteiger partial charge on any atom is -0.389 e. The van der Waals surface area contributed by atoms with Gasteiger partial charge in [0.15, 0.2) is 0 Å². The van der Waals surface area contributed by atoms with Gasteiger partial charge in [-0.1, -0.05) is 36.5 Å².